The first-order chi connectivity index (χ1) is 16.4. The number of aromatic nitrogens is 4. The van der Waals surface area contributed by atoms with Crippen molar-refractivity contribution in [3.63, 3.8) is 0 Å². The predicted octanol–water partition coefficient (Wildman–Crippen LogP) is 4.89. The van der Waals surface area contributed by atoms with Crippen molar-refractivity contribution in [2.24, 2.45) is 5.92 Å². The van der Waals surface area contributed by atoms with Crippen LogP contribution in [0, 0.1) is 12.8 Å². The Morgan fingerprint density at radius 2 is 1.94 bits per heavy atom. The molecule has 0 bridgehead atoms. The zero-order valence-corrected chi connectivity index (χ0v) is 19.4. The number of alkyl halides is 5. The summed E-state index contributed by atoms with van der Waals surface area (Å²) in [6.07, 6.45) is -1.41. The lowest BCUT2D eigenvalue weighted by Gasteiger charge is -2.42. The second-order valence-corrected chi connectivity index (χ2v) is 9.42. The highest BCUT2D eigenvalue weighted by molar-refractivity contribution is 7.15. The van der Waals surface area contributed by atoms with Crippen LogP contribution in [0.25, 0.3) is 10.7 Å². The molecule has 3 aromatic heterocycles. The molecule has 1 amide bonds. The number of ether oxygens (including phenoxy) is 1. The number of carbonyl (C=O) groups is 1. The summed E-state index contributed by atoms with van der Waals surface area (Å²) < 4.78 is 72.8. The minimum atomic E-state index is -4.55. The van der Waals surface area contributed by atoms with Gasteiger partial charge in [0.25, 0.3) is 11.8 Å². The summed E-state index contributed by atoms with van der Waals surface area (Å²) in [7, 11) is 0. The fourth-order valence-electron chi connectivity index (χ4n) is 3.90. The number of amides is 1. The number of nitrogens with zero attached hydrogens (tertiary/aromatic N) is 5. The molecule has 3 aromatic rings. The summed E-state index contributed by atoms with van der Waals surface area (Å²) in [6, 6.07) is 2.67. The molecule has 0 spiro atoms. The molecule has 0 aliphatic carbocycles. The van der Waals surface area contributed by atoms with E-state index in [-0.39, 0.29) is 24.0 Å². The topological polar surface area (TPSA) is 81.1 Å². The van der Waals surface area contributed by atoms with E-state index in [4.69, 9.17) is 4.74 Å². The quantitative estimate of drug-likeness (QED) is 0.452. The van der Waals surface area contributed by atoms with Gasteiger partial charge in [0.2, 0.25) is 5.88 Å². The minimum Gasteiger partial charge on any atom is -0.475 e. The Balaban J connectivity index is 1.60. The molecular weight excluding hydrogens is 493 g/mol. The van der Waals surface area contributed by atoms with Gasteiger partial charge in [-0.3, -0.25) is 4.79 Å². The summed E-state index contributed by atoms with van der Waals surface area (Å²) >= 11 is 1.17. The maximum Gasteiger partial charge on any atom is 0.417 e. The Hall–Kier alpha value is -3.22. The number of hydrogen-bond acceptors (Lipinski definition) is 7. The highest BCUT2D eigenvalue weighted by atomic mass is 32.1. The molecule has 4 heterocycles. The number of halogens is 5. The van der Waals surface area contributed by atoms with Crippen LogP contribution in [-0.2, 0) is 6.18 Å². The molecule has 1 fully saturated rings. The smallest absolute Gasteiger partial charge is 0.417 e. The van der Waals surface area contributed by atoms with E-state index in [1.807, 2.05) is 0 Å². The first kappa shape index (κ1) is 24.9. The van der Waals surface area contributed by atoms with Crippen molar-refractivity contribution >= 4 is 17.2 Å². The monoisotopic (exact) mass is 513 g/mol. The Labute approximate surface area is 201 Å². The van der Waals surface area contributed by atoms with E-state index in [0.717, 1.165) is 17.0 Å². The number of thiazole rings is 1. The van der Waals surface area contributed by atoms with Crippen molar-refractivity contribution in [1.29, 1.82) is 0 Å². The molecule has 1 saturated heterocycles. The summed E-state index contributed by atoms with van der Waals surface area (Å²) in [5, 5.41) is 0.536. The highest BCUT2D eigenvalue weighted by Crippen LogP contribution is 2.37. The number of carbonyl (C=O) groups excluding carboxylic acids is 1. The van der Waals surface area contributed by atoms with Crippen molar-refractivity contribution in [2.75, 3.05) is 13.2 Å². The standard InChI is InChI=1S/C22H20F5N5O2S/c1-12-8-21(23,24)11-32(15(12)10-34-16-5-4-14(9-30-16)22(25,26)27)20(33)17-18(35-13(2)31-17)19-28-6-3-7-29-19/h3-7,9,12,15H,8,10-11H2,1-2H3/t12?,15-/m1/s1. The summed E-state index contributed by atoms with van der Waals surface area (Å²) in [5.74, 6) is -4.39. The lowest BCUT2D eigenvalue weighted by atomic mass is 9.88. The maximum atomic E-state index is 14.5. The highest BCUT2D eigenvalue weighted by Gasteiger charge is 2.47. The van der Waals surface area contributed by atoms with Gasteiger partial charge in [-0.15, -0.1) is 11.3 Å². The fourth-order valence-corrected chi connectivity index (χ4v) is 4.76. The van der Waals surface area contributed by atoms with Crippen LogP contribution in [0.4, 0.5) is 22.0 Å². The van der Waals surface area contributed by atoms with Crippen LogP contribution >= 0.6 is 11.3 Å². The molecule has 35 heavy (non-hydrogen) atoms. The van der Waals surface area contributed by atoms with Crippen LogP contribution in [0.1, 0.15) is 34.4 Å². The number of piperidine rings is 1. The average molecular weight is 513 g/mol. The van der Waals surface area contributed by atoms with E-state index >= 15 is 0 Å². The first-order valence-electron chi connectivity index (χ1n) is 10.5. The largest absolute Gasteiger partial charge is 0.475 e. The summed E-state index contributed by atoms with van der Waals surface area (Å²) in [5.41, 5.74) is -0.983. The minimum absolute atomic E-state index is 0.0405. The van der Waals surface area contributed by atoms with E-state index in [1.165, 1.54) is 23.7 Å². The van der Waals surface area contributed by atoms with Crippen molar-refractivity contribution in [3.8, 4) is 16.6 Å². The molecule has 1 aliphatic rings. The van der Waals surface area contributed by atoms with Gasteiger partial charge in [0.1, 0.15) is 11.5 Å². The van der Waals surface area contributed by atoms with Gasteiger partial charge >= 0.3 is 6.18 Å². The third kappa shape index (κ3) is 5.55. The third-order valence-corrected chi connectivity index (χ3v) is 6.48. The molecule has 1 aliphatic heterocycles. The van der Waals surface area contributed by atoms with E-state index < -0.39 is 48.5 Å². The van der Waals surface area contributed by atoms with Crippen molar-refractivity contribution in [3.05, 3.63) is 53.1 Å². The van der Waals surface area contributed by atoms with Gasteiger partial charge in [-0.1, -0.05) is 6.92 Å². The molecule has 0 radical (unpaired) electrons. The van der Waals surface area contributed by atoms with E-state index in [0.29, 0.717) is 16.1 Å². The van der Waals surface area contributed by atoms with Crippen molar-refractivity contribution < 1.29 is 31.5 Å². The number of pyridine rings is 1. The van der Waals surface area contributed by atoms with E-state index in [2.05, 4.69) is 19.9 Å². The number of aryl methyl sites for hydroxylation is 1. The Kier molecular flexibility index (Phi) is 6.71. The molecule has 2 atom stereocenters. The van der Waals surface area contributed by atoms with Gasteiger partial charge in [-0.2, -0.15) is 13.2 Å². The van der Waals surface area contributed by atoms with Gasteiger partial charge in [-0.05, 0) is 25.0 Å². The van der Waals surface area contributed by atoms with Crippen molar-refractivity contribution in [1.82, 2.24) is 24.8 Å². The zero-order chi connectivity index (χ0) is 25.4. The lowest BCUT2D eigenvalue weighted by molar-refractivity contribution is -0.137. The molecule has 186 valence electrons. The SMILES string of the molecule is Cc1nc(C(=O)N2CC(F)(F)CC(C)[C@H]2COc2ccc(C(F)(F)F)cn2)c(-c2ncccn2)s1. The number of likely N-dealkylation sites (tertiary alicyclic amines) is 1. The molecular formula is C22H20F5N5O2S. The van der Waals surface area contributed by atoms with Crippen LogP contribution in [0.5, 0.6) is 5.88 Å². The number of rotatable bonds is 5. The predicted molar refractivity (Wildman–Crippen MR) is 116 cm³/mol. The van der Waals surface area contributed by atoms with Gasteiger partial charge in [0.15, 0.2) is 11.5 Å². The Morgan fingerprint density at radius 1 is 1.23 bits per heavy atom. The van der Waals surface area contributed by atoms with Gasteiger partial charge in [-0.25, -0.2) is 28.7 Å². The second kappa shape index (κ2) is 9.44. The van der Waals surface area contributed by atoms with Gasteiger partial charge in [0, 0.05) is 31.1 Å². The number of hydrogen-bond donors (Lipinski definition) is 0. The Bertz CT molecular complexity index is 1190. The molecule has 0 N–H and O–H groups in total. The molecule has 0 aromatic carbocycles. The summed E-state index contributed by atoms with van der Waals surface area (Å²) in [6.45, 7) is 2.16. The molecule has 13 heteroatoms. The van der Waals surface area contributed by atoms with Crippen molar-refractivity contribution in [2.45, 2.75) is 38.4 Å². The first-order valence-corrected chi connectivity index (χ1v) is 11.4. The van der Waals surface area contributed by atoms with Crippen LogP contribution in [0.15, 0.2) is 36.8 Å². The molecule has 4 rings (SSSR count). The molecule has 0 saturated carbocycles. The van der Waals surface area contributed by atoms with E-state index in [9.17, 15) is 26.7 Å². The summed E-state index contributed by atoms with van der Waals surface area (Å²) in [4.78, 5) is 31.1. The Morgan fingerprint density at radius 3 is 2.57 bits per heavy atom. The van der Waals surface area contributed by atoms with Gasteiger partial charge in [0.05, 0.1) is 23.2 Å². The fraction of sp³-hybridized carbons (Fsp3) is 0.409. The van der Waals surface area contributed by atoms with Crippen LogP contribution in [0.2, 0.25) is 0 Å². The maximum absolute atomic E-state index is 14.5. The van der Waals surface area contributed by atoms with Crippen LogP contribution in [-0.4, -0.2) is 55.9 Å². The normalized spacial score (nSPS) is 20.0. The van der Waals surface area contributed by atoms with Gasteiger partial charge < -0.3 is 9.64 Å². The third-order valence-electron chi connectivity index (χ3n) is 5.51. The van der Waals surface area contributed by atoms with Crippen LogP contribution < -0.4 is 4.74 Å². The van der Waals surface area contributed by atoms with Crippen LogP contribution in [0.3, 0.4) is 0 Å². The molecule has 1 unspecified atom stereocenters. The second-order valence-electron chi connectivity index (χ2n) is 8.21. The zero-order valence-electron chi connectivity index (χ0n) is 18.6. The lowest BCUT2D eigenvalue weighted by Crippen LogP contribution is -2.57. The average Bonchev–Trinajstić information content (AvgIpc) is 3.19. The van der Waals surface area contributed by atoms with E-state index in [1.54, 1.807) is 19.9 Å². The molecule has 7 nitrogen and oxygen atoms in total.